The van der Waals surface area contributed by atoms with Gasteiger partial charge in [0, 0.05) is 32.7 Å². The van der Waals surface area contributed by atoms with Crippen LogP contribution >= 0.6 is 0 Å². The van der Waals surface area contributed by atoms with Crippen LogP contribution in [-0.2, 0) is 12.8 Å². The molecule has 1 aliphatic carbocycles. The molecule has 1 aliphatic rings. The number of rotatable bonds is 2. The van der Waals surface area contributed by atoms with E-state index < -0.39 is 0 Å². The molecule has 0 spiro atoms. The molecule has 0 saturated carbocycles. The third-order valence-corrected chi connectivity index (χ3v) is 9.82. The standard InChI is InChI=1S/C42H28N2/c1-2-11-29(12-3-1)44-38-17-9-8-14-31(38)36-24-27(20-23-39(36)44)28-19-21-34-37(25-28)43-42-35-22-18-26-10-4-5-13-30(26)40(35)32-15-6-7-16-33(32)41(34)42/h1-17,19-21,23-25,43H,18,22H2. The first kappa shape index (κ1) is 23.9. The van der Waals surface area contributed by atoms with Gasteiger partial charge in [-0.05, 0) is 93.4 Å². The fourth-order valence-corrected chi connectivity index (χ4v) is 7.90. The quantitative estimate of drug-likeness (QED) is 0.217. The van der Waals surface area contributed by atoms with Crippen molar-refractivity contribution < 1.29 is 0 Å². The summed E-state index contributed by atoms with van der Waals surface area (Å²) in [4.78, 5) is 3.93. The minimum Gasteiger partial charge on any atom is -0.354 e. The van der Waals surface area contributed by atoms with E-state index in [1.807, 2.05) is 0 Å². The Hall–Kier alpha value is -5.60. The molecule has 0 aliphatic heterocycles. The molecule has 9 aromatic rings. The van der Waals surface area contributed by atoms with Crippen LogP contribution in [0.2, 0.25) is 0 Å². The second-order valence-corrected chi connectivity index (χ2v) is 12.1. The predicted molar refractivity (Wildman–Crippen MR) is 186 cm³/mol. The molecule has 206 valence electrons. The fraction of sp³-hybridized carbons (Fsp3) is 0.0476. The topological polar surface area (TPSA) is 20.7 Å². The number of hydrogen-bond acceptors (Lipinski definition) is 0. The number of fused-ring (bicyclic) bond motifs is 13. The van der Waals surface area contributed by atoms with Gasteiger partial charge in [-0.15, -0.1) is 0 Å². The Balaban J connectivity index is 1.20. The molecule has 0 amide bonds. The first-order valence-corrected chi connectivity index (χ1v) is 15.5. The normalized spacial score (nSPS) is 12.8. The SMILES string of the molecule is c1ccc(-n2c3ccccc3c3cc(-c4ccc5c(c4)[nH]c4c6c(c7ccccc7c45)-c4ccccc4CC6)ccc32)cc1. The maximum atomic E-state index is 3.93. The molecule has 0 atom stereocenters. The Kier molecular flexibility index (Phi) is 4.86. The third-order valence-electron chi connectivity index (χ3n) is 9.82. The van der Waals surface area contributed by atoms with Crippen LogP contribution in [0.4, 0.5) is 0 Å². The Morgan fingerprint density at radius 1 is 0.500 bits per heavy atom. The summed E-state index contributed by atoms with van der Waals surface area (Å²) in [5, 5.41) is 7.88. The molecule has 2 heteroatoms. The van der Waals surface area contributed by atoms with Gasteiger partial charge in [-0.3, -0.25) is 0 Å². The van der Waals surface area contributed by atoms with E-state index in [-0.39, 0.29) is 0 Å². The smallest absolute Gasteiger partial charge is 0.0541 e. The minimum atomic E-state index is 1.05. The van der Waals surface area contributed by atoms with Crippen molar-refractivity contribution in [3.05, 3.63) is 151 Å². The van der Waals surface area contributed by atoms with Gasteiger partial charge in [-0.1, -0.05) is 103 Å². The van der Waals surface area contributed by atoms with Crippen molar-refractivity contribution in [2.45, 2.75) is 12.8 Å². The van der Waals surface area contributed by atoms with Crippen LogP contribution in [0.3, 0.4) is 0 Å². The van der Waals surface area contributed by atoms with Gasteiger partial charge < -0.3 is 9.55 Å². The first-order chi connectivity index (χ1) is 21.8. The Morgan fingerprint density at radius 3 is 2.11 bits per heavy atom. The number of hydrogen-bond donors (Lipinski definition) is 1. The second kappa shape index (κ2) is 8.95. The van der Waals surface area contributed by atoms with Gasteiger partial charge in [0.25, 0.3) is 0 Å². The maximum Gasteiger partial charge on any atom is 0.0541 e. The molecular formula is C42H28N2. The Morgan fingerprint density at radius 2 is 1.20 bits per heavy atom. The number of para-hydroxylation sites is 2. The molecule has 0 unspecified atom stereocenters. The lowest BCUT2D eigenvalue weighted by Crippen LogP contribution is -2.05. The minimum absolute atomic E-state index is 1.05. The van der Waals surface area contributed by atoms with E-state index in [0.29, 0.717) is 0 Å². The van der Waals surface area contributed by atoms with Gasteiger partial charge in [0.05, 0.1) is 16.6 Å². The summed E-state index contributed by atoms with van der Waals surface area (Å²) in [5.74, 6) is 0. The van der Waals surface area contributed by atoms with Crippen LogP contribution in [0.15, 0.2) is 140 Å². The van der Waals surface area contributed by atoms with Gasteiger partial charge in [-0.2, -0.15) is 0 Å². The number of nitrogens with zero attached hydrogens (tertiary/aromatic N) is 1. The molecule has 0 saturated heterocycles. The first-order valence-electron chi connectivity index (χ1n) is 15.5. The molecule has 1 N–H and O–H groups in total. The zero-order chi connectivity index (χ0) is 28.8. The van der Waals surface area contributed by atoms with Crippen molar-refractivity contribution in [3.63, 3.8) is 0 Å². The number of aromatic amines is 1. The summed E-state index contributed by atoms with van der Waals surface area (Å²) < 4.78 is 2.38. The fourth-order valence-electron chi connectivity index (χ4n) is 7.90. The summed E-state index contributed by atoms with van der Waals surface area (Å²) >= 11 is 0. The van der Waals surface area contributed by atoms with Gasteiger partial charge in [0.2, 0.25) is 0 Å². The highest BCUT2D eigenvalue weighted by Gasteiger charge is 2.24. The molecule has 2 aromatic heterocycles. The summed E-state index contributed by atoms with van der Waals surface area (Å²) in [5.41, 5.74) is 14.3. The molecule has 0 radical (unpaired) electrons. The summed E-state index contributed by atoms with van der Waals surface area (Å²) in [6.45, 7) is 0. The summed E-state index contributed by atoms with van der Waals surface area (Å²) in [6, 6.07) is 51.2. The predicted octanol–water partition coefficient (Wildman–Crippen LogP) is 11.0. The largest absolute Gasteiger partial charge is 0.354 e. The highest BCUT2D eigenvalue weighted by molar-refractivity contribution is 6.25. The lowest BCUT2D eigenvalue weighted by Gasteiger charge is -2.23. The van der Waals surface area contributed by atoms with Crippen LogP contribution < -0.4 is 0 Å². The van der Waals surface area contributed by atoms with Crippen LogP contribution in [0, 0.1) is 0 Å². The molecule has 7 aromatic carbocycles. The highest BCUT2D eigenvalue weighted by atomic mass is 15.0. The van der Waals surface area contributed by atoms with E-state index in [1.54, 1.807) is 0 Å². The molecular weight excluding hydrogens is 532 g/mol. The highest BCUT2D eigenvalue weighted by Crippen LogP contribution is 2.46. The van der Waals surface area contributed by atoms with E-state index >= 15 is 0 Å². The molecule has 2 nitrogen and oxygen atoms in total. The molecule has 0 bridgehead atoms. The van der Waals surface area contributed by atoms with Crippen LogP contribution in [0.1, 0.15) is 11.1 Å². The summed E-state index contributed by atoms with van der Waals surface area (Å²) in [7, 11) is 0. The van der Waals surface area contributed by atoms with Crippen molar-refractivity contribution in [1.29, 1.82) is 0 Å². The lowest BCUT2D eigenvalue weighted by atomic mass is 9.81. The molecule has 0 fully saturated rings. The third kappa shape index (κ3) is 3.25. The van der Waals surface area contributed by atoms with Crippen LogP contribution in [-0.4, -0.2) is 9.55 Å². The monoisotopic (exact) mass is 560 g/mol. The lowest BCUT2D eigenvalue weighted by molar-refractivity contribution is 0.951. The zero-order valence-electron chi connectivity index (χ0n) is 24.1. The van der Waals surface area contributed by atoms with Crippen LogP contribution in [0.5, 0.6) is 0 Å². The summed E-state index contributed by atoms with van der Waals surface area (Å²) in [6.07, 6.45) is 2.13. The molecule has 44 heavy (non-hydrogen) atoms. The number of benzene rings is 7. The maximum absolute atomic E-state index is 3.93. The van der Waals surface area contributed by atoms with Gasteiger partial charge in [0.1, 0.15) is 0 Å². The average molecular weight is 561 g/mol. The van der Waals surface area contributed by atoms with Crippen molar-refractivity contribution in [2.75, 3.05) is 0 Å². The van der Waals surface area contributed by atoms with Crippen molar-refractivity contribution in [3.8, 4) is 27.9 Å². The van der Waals surface area contributed by atoms with E-state index in [2.05, 4.69) is 149 Å². The molecule has 10 rings (SSSR count). The Bertz CT molecular complexity index is 2600. The van der Waals surface area contributed by atoms with Crippen molar-refractivity contribution in [2.24, 2.45) is 0 Å². The number of nitrogens with one attached hydrogen (secondary N) is 1. The average Bonchev–Trinajstić information content (AvgIpc) is 3.64. The zero-order valence-corrected chi connectivity index (χ0v) is 24.1. The van der Waals surface area contributed by atoms with Crippen LogP contribution in [0.25, 0.3) is 82.3 Å². The number of aryl methyl sites for hydroxylation is 2. The van der Waals surface area contributed by atoms with E-state index in [1.165, 1.54) is 93.5 Å². The van der Waals surface area contributed by atoms with Crippen molar-refractivity contribution >= 4 is 54.4 Å². The van der Waals surface area contributed by atoms with Crippen molar-refractivity contribution in [1.82, 2.24) is 9.55 Å². The number of aromatic nitrogens is 2. The van der Waals surface area contributed by atoms with Gasteiger partial charge in [0.15, 0.2) is 0 Å². The van der Waals surface area contributed by atoms with E-state index in [4.69, 9.17) is 0 Å². The van der Waals surface area contributed by atoms with Gasteiger partial charge >= 0.3 is 0 Å². The second-order valence-electron chi connectivity index (χ2n) is 12.1. The van der Waals surface area contributed by atoms with E-state index in [0.717, 1.165) is 12.8 Å². The molecule has 2 heterocycles. The Labute approximate surface area is 254 Å². The van der Waals surface area contributed by atoms with E-state index in [9.17, 15) is 0 Å². The van der Waals surface area contributed by atoms with Gasteiger partial charge in [-0.25, -0.2) is 0 Å². The number of H-pyrrole nitrogens is 1.